The Morgan fingerprint density at radius 1 is 1.26 bits per heavy atom. The standard InChI is InChI=1S/C18H27NO3S/c1-4-6-9-14(5-2)12-19-17(20)15-10-7-8-11-16(15)23-13(3)18(21)22/h7-8,10-11,13-14H,4-6,9,12H2,1-3H3,(H,19,20)(H,21,22). The molecule has 0 fully saturated rings. The highest BCUT2D eigenvalue weighted by atomic mass is 32.2. The van der Waals surface area contributed by atoms with Crippen molar-refractivity contribution in [2.24, 2.45) is 5.92 Å². The summed E-state index contributed by atoms with van der Waals surface area (Å²) in [6.07, 6.45) is 4.51. The molecule has 1 aromatic rings. The molecule has 0 saturated carbocycles. The maximum Gasteiger partial charge on any atom is 0.316 e. The Hall–Kier alpha value is -1.49. The number of carboxylic acids is 1. The van der Waals surface area contributed by atoms with Crippen molar-refractivity contribution >= 4 is 23.6 Å². The molecule has 4 nitrogen and oxygen atoms in total. The van der Waals surface area contributed by atoms with E-state index in [1.807, 2.05) is 6.07 Å². The molecule has 0 spiro atoms. The zero-order valence-corrected chi connectivity index (χ0v) is 15.0. The first kappa shape index (κ1) is 19.6. The van der Waals surface area contributed by atoms with Crippen LogP contribution in [0.1, 0.15) is 56.8 Å². The monoisotopic (exact) mass is 337 g/mol. The zero-order chi connectivity index (χ0) is 17.2. The molecule has 1 aromatic carbocycles. The predicted octanol–water partition coefficient (Wildman–Crippen LogP) is 4.20. The van der Waals surface area contributed by atoms with E-state index in [0.717, 1.165) is 19.3 Å². The summed E-state index contributed by atoms with van der Waals surface area (Å²) in [5, 5.41) is 11.5. The number of hydrogen-bond donors (Lipinski definition) is 2. The number of aliphatic carboxylic acids is 1. The fraction of sp³-hybridized carbons (Fsp3) is 0.556. The van der Waals surface area contributed by atoms with Crippen molar-refractivity contribution in [2.75, 3.05) is 6.54 Å². The summed E-state index contributed by atoms with van der Waals surface area (Å²) in [6.45, 7) is 6.61. The zero-order valence-electron chi connectivity index (χ0n) is 14.2. The van der Waals surface area contributed by atoms with Crippen LogP contribution in [0.4, 0.5) is 0 Å². The van der Waals surface area contributed by atoms with Crippen LogP contribution in [0.15, 0.2) is 29.2 Å². The van der Waals surface area contributed by atoms with Crippen LogP contribution in [-0.2, 0) is 4.79 Å². The normalized spacial score (nSPS) is 13.3. The summed E-state index contributed by atoms with van der Waals surface area (Å²) in [5.41, 5.74) is 0.552. The topological polar surface area (TPSA) is 66.4 Å². The fourth-order valence-corrected chi connectivity index (χ4v) is 3.20. The van der Waals surface area contributed by atoms with E-state index in [-0.39, 0.29) is 5.91 Å². The molecule has 5 heteroatoms. The second-order valence-electron chi connectivity index (χ2n) is 5.72. The molecule has 0 heterocycles. The van der Waals surface area contributed by atoms with E-state index in [1.165, 1.54) is 18.2 Å². The van der Waals surface area contributed by atoms with Crippen molar-refractivity contribution in [3.8, 4) is 0 Å². The molecule has 23 heavy (non-hydrogen) atoms. The average Bonchev–Trinajstić information content (AvgIpc) is 2.55. The minimum absolute atomic E-state index is 0.124. The SMILES string of the molecule is CCCCC(CC)CNC(=O)c1ccccc1SC(C)C(=O)O. The van der Waals surface area contributed by atoms with Crippen molar-refractivity contribution in [1.29, 1.82) is 0 Å². The number of nitrogens with one attached hydrogen (secondary N) is 1. The smallest absolute Gasteiger partial charge is 0.316 e. The Morgan fingerprint density at radius 3 is 2.57 bits per heavy atom. The van der Waals surface area contributed by atoms with Gasteiger partial charge in [0.1, 0.15) is 5.25 Å². The maximum atomic E-state index is 12.4. The van der Waals surface area contributed by atoms with Gasteiger partial charge in [0.2, 0.25) is 0 Å². The van der Waals surface area contributed by atoms with E-state index in [4.69, 9.17) is 5.11 Å². The van der Waals surface area contributed by atoms with Crippen LogP contribution >= 0.6 is 11.8 Å². The number of carbonyl (C=O) groups excluding carboxylic acids is 1. The van der Waals surface area contributed by atoms with Gasteiger partial charge in [-0.1, -0.05) is 45.2 Å². The minimum Gasteiger partial charge on any atom is -0.480 e. The summed E-state index contributed by atoms with van der Waals surface area (Å²) >= 11 is 1.20. The molecule has 2 unspecified atom stereocenters. The average molecular weight is 337 g/mol. The number of amides is 1. The van der Waals surface area contributed by atoms with E-state index in [1.54, 1.807) is 25.1 Å². The number of carbonyl (C=O) groups is 2. The Balaban J connectivity index is 2.70. The highest BCUT2D eigenvalue weighted by Gasteiger charge is 2.18. The third-order valence-electron chi connectivity index (χ3n) is 3.88. The van der Waals surface area contributed by atoms with E-state index in [2.05, 4.69) is 19.2 Å². The van der Waals surface area contributed by atoms with Gasteiger partial charge in [0.15, 0.2) is 0 Å². The number of benzene rings is 1. The second-order valence-corrected chi connectivity index (χ2v) is 7.10. The number of carboxylic acid groups (broad SMARTS) is 1. The van der Waals surface area contributed by atoms with Gasteiger partial charge in [-0.25, -0.2) is 0 Å². The molecule has 0 saturated heterocycles. The van der Waals surface area contributed by atoms with Gasteiger partial charge in [-0.15, -0.1) is 11.8 Å². The van der Waals surface area contributed by atoms with Crippen LogP contribution in [-0.4, -0.2) is 28.8 Å². The molecule has 1 amide bonds. The largest absolute Gasteiger partial charge is 0.480 e. The lowest BCUT2D eigenvalue weighted by Gasteiger charge is -2.16. The summed E-state index contributed by atoms with van der Waals surface area (Å²) in [4.78, 5) is 24.2. The molecule has 2 atom stereocenters. The Bertz CT molecular complexity index is 519. The lowest BCUT2D eigenvalue weighted by Crippen LogP contribution is -2.29. The van der Waals surface area contributed by atoms with Gasteiger partial charge in [0.05, 0.1) is 5.56 Å². The number of hydrogen-bond acceptors (Lipinski definition) is 3. The number of thioether (sulfide) groups is 1. The molecule has 128 valence electrons. The van der Waals surface area contributed by atoms with Gasteiger partial charge in [-0.2, -0.15) is 0 Å². The molecule has 0 aliphatic carbocycles. The van der Waals surface area contributed by atoms with Gasteiger partial charge >= 0.3 is 5.97 Å². The molecule has 0 aromatic heterocycles. The van der Waals surface area contributed by atoms with Crippen molar-refractivity contribution < 1.29 is 14.7 Å². The van der Waals surface area contributed by atoms with E-state index < -0.39 is 11.2 Å². The predicted molar refractivity (Wildman–Crippen MR) is 95.0 cm³/mol. The highest BCUT2D eigenvalue weighted by Crippen LogP contribution is 2.27. The fourth-order valence-electron chi connectivity index (χ4n) is 2.27. The highest BCUT2D eigenvalue weighted by molar-refractivity contribution is 8.00. The first-order valence-electron chi connectivity index (χ1n) is 8.26. The van der Waals surface area contributed by atoms with E-state index in [0.29, 0.717) is 22.9 Å². The van der Waals surface area contributed by atoms with Crippen LogP contribution in [0.3, 0.4) is 0 Å². The van der Waals surface area contributed by atoms with Gasteiger partial charge in [-0.3, -0.25) is 9.59 Å². The Morgan fingerprint density at radius 2 is 1.96 bits per heavy atom. The number of unbranched alkanes of at least 4 members (excludes halogenated alkanes) is 1. The summed E-state index contributed by atoms with van der Waals surface area (Å²) in [7, 11) is 0. The van der Waals surface area contributed by atoms with Gasteiger partial charge in [0.25, 0.3) is 5.91 Å². The lowest BCUT2D eigenvalue weighted by atomic mass is 9.99. The van der Waals surface area contributed by atoms with Crippen molar-refractivity contribution in [1.82, 2.24) is 5.32 Å². The molecule has 0 radical (unpaired) electrons. The Kier molecular flexibility index (Phi) is 8.77. The van der Waals surface area contributed by atoms with Crippen LogP contribution < -0.4 is 5.32 Å². The van der Waals surface area contributed by atoms with Gasteiger partial charge in [0, 0.05) is 11.4 Å². The van der Waals surface area contributed by atoms with Gasteiger partial charge in [-0.05, 0) is 31.4 Å². The lowest BCUT2D eigenvalue weighted by molar-refractivity contribution is -0.136. The first-order chi connectivity index (χ1) is 11.0. The minimum atomic E-state index is -0.879. The van der Waals surface area contributed by atoms with Crippen LogP contribution in [0.5, 0.6) is 0 Å². The maximum absolute atomic E-state index is 12.4. The van der Waals surface area contributed by atoms with Crippen LogP contribution in [0.2, 0.25) is 0 Å². The summed E-state index contributed by atoms with van der Waals surface area (Å²) in [6, 6.07) is 7.18. The van der Waals surface area contributed by atoms with Crippen LogP contribution in [0.25, 0.3) is 0 Å². The molecule has 0 aliphatic rings. The third-order valence-corrected chi connectivity index (χ3v) is 5.04. The van der Waals surface area contributed by atoms with E-state index in [9.17, 15) is 9.59 Å². The van der Waals surface area contributed by atoms with Crippen molar-refractivity contribution in [3.05, 3.63) is 29.8 Å². The molecule has 2 N–H and O–H groups in total. The van der Waals surface area contributed by atoms with Gasteiger partial charge < -0.3 is 10.4 Å². The molecular formula is C18H27NO3S. The van der Waals surface area contributed by atoms with Crippen molar-refractivity contribution in [2.45, 2.75) is 56.6 Å². The van der Waals surface area contributed by atoms with Crippen molar-refractivity contribution in [3.63, 3.8) is 0 Å². The second kappa shape index (κ2) is 10.3. The summed E-state index contributed by atoms with van der Waals surface area (Å²) in [5.74, 6) is -0.506. The molecule has 0 aliphatic heterocycles. The number of rotatable bonds is 10. The van der Waals surface area contributed by atoms with Crippen LogP contribution in [0, 0.1) is 5.92 Å². The quantitative estimate of drug-likeness (QED) is 0.628. The molecule has 0 bridgehead atoms. The van der Waals surface area contributed by atoms with E-state index >= 15 is 0 Å². The third kappa shape index (κ3) is 6.65. The Labute approximate surface area is 143 Å². The first-order valence-corrected chi connectivity index (χ1v) is 9.14. The molecular weight excluding hydrogens is 310 g/mol. The molecule has 1 rings (SSSR count). The summed E-state index contributed by atoms with van der Waals surface area (Å²) < 4.78 is 0.